The minimum absolute atomic E-state index is 0.126. The van der Waals surface area contributed by atoms with Crippen molar-refractivity contribution in [2.24, 2.45) is 0 Å². The molecular weight excluding hydrogens is 241 g/mol. The first-order valence-corrected chi connectivity index (χ1v) is 5.41. The molecule has 1 amide bonds. The van der Waals surface area contributed by atoms with Gasteiger partial charge in [-0.1, -0.05) is 0 Å². The number of pyridine rings is 1. The van der Waals surface area contributed by atoms with Crippen LogP contribution in [0.4, 0.5) is 10.2 Å². The molecule has 18 heavy (non-hydrogen) atoms. The molecule has 0 atom stereocenters. The Hall–Kier alpha value is -1.73. The molecule has 0 fully saturated rings. The van der Waals surface area contributed by atoms with E-state index in [4.69, 9.17) is 15.2 Å². The zero-order valence-electron chi connectivity index (χ0n) is 10.1. The molecule has 0 spiro atoms. The fourth-order valence-corrected chi connectivity index (χ4v) is 1.21. The van der Waals surface area contributed by atoms with Gasteiger partial charge in [0.2, 0.25) is 0 Å². The van der Waals surface area contributed by atoms with Gasteiger partial charge in [0, 0.05) is 19.9 Å². The average Bonchev–Trinajstić information content (AvgIpc) is 2.36. The average molecular weight is 257 g/mol. The van der Waals surface area contributed by atoms with Crippen molar-refractivity contribution in [1.82, 2.24) is 10.3 Å². The van der Waals surface area contributed by atoms with Crippen LogP contribution in [0.25, 0.3) is 0 Å². The van der Waals surface area contributed by atoms with E-state index < -0.39 is 11.7 Å². The van der Waals surface area contributed by atoms with Crippen molar-refractivity contribution in [2.75, 3.05) is 39.2 Å². The van der Waals surface area contributed by atoms with Crippen molar-refractivity contribution in [2.45, 2.75) is 0 Å². The van der Waals surface area contributed by atoms with E-state index in [1.807, 2.05) is 0 Å². The topological polar surface area (TPSA) is 86.5 Å². The molecule has 0 bridgehead atoms. The first-order valence-electron chi connectivity index (χ1n) is 5.41. The van der Waals surface area contributed by atoms with E-state index in [9.17, 15) is 9.18 Å². The largest absolute Gasteiger partial charge is 0.382 e. The molecule has 0 aromatic carbocycles. The first-order chi connectivity index (χ1) is 8.66. The summed E-state index contributed by atoms with van der Waals surface area (Å²) >= 11 is 0. The molecule has 3 N–H and O–H groups in total. The van der Waals surface area contributed by atoms with Gasteiger partial charge in [0.1, 0.15) is 0 Å². The molecule has 0 saturated carbocycles. The van der Waals surface area contributed by atoms with Crippen LogP contribution in [-0.4, -0.2) is 44.4 Å². The summed E-state index contributed by atoms with van der Waals surface area (Å²) in [4.78, 5) is 15.1. The molecule has 100 valence electrons. The summed E-state index contributed by atoms with van der Waals surface area (Å²) in [6.07, 6.45) is 1.28. The Morgan fingerprint density at radius 3 is 3.00 bits per heavy atom. The van der Waals surface area contributed by atoms with E-state index in [1.165, 1.54) is 12.3 Å². The number of methoxy groups -OCH3 is 1. The number of nitrogens with zero attached hydrogens (tertiary/aromatic N) is 1. The van der Waals surface area contributed by atoms with Gasteiger partial charge in [0.25, 0.3) is 5.91 Å². The molecule has 1 heterocycles. The highest BCUT2D eigenvalue weighted by Crippen LogP contribution is 2.11. The Labute approximate surface area is 104 Å². The van der Waals surface area contributed by atoms with Crippen LogP contribution in [0.15, 0.2) is 12.3 Å². The van der Waals surface area contributed by atoms with Crippen LogP contribution in [0, 0.1) is 5.82 Å². The van der Waals surface area contributed by atoms with Crippen LogP contribution in [0.2, 0.25) is 0 Å². The van der Waals surface area contributed by atoms with Crippen LogP contribution < -0.4 is 11.1 Å². The van der Waals surface area contributed by atoms with Crippen molar-refractivity contribution in [3.05, 3.63) is 23.6 Å². The number of nitrogens with one attached hydrogen (secondary N) is 1. The summed E-state index contributed by atoms with van der Waals surface area (Å²) < 4.78 is 23.4. The predicted molar refractivity (Wildman–Crippen MR) is 63.6 cm³/mol. The van der Waals surface area contributed by atoms with E-state index >= 15 is 0 Å². The summed E-state index contributed by atoms with van der Waals surface area (Å²) in [6, 6.07) is 1.27. The van der Waals surface area contributed by atoms with Crippen molar-refractivity contribution in [1.29, 1.82) is 0 Å². The van der Waals surface area contributed by atoms with Crippen molar-refractivity contribution in [3.63, 3.8) is 0 Å². The molecule has 0 aliphatic heterocycles. The minimum Gasteiger partial charge on any atom is -0.382 e. The molecule has 7 heteroatoms. The highest BCUT2D eigenvalue weighted by atomic mass is 19.1. The Balaban J connectivity index is 2.35. The molecule has 0 unspecified atom stereocenters. The molecule has 1 aromatic heterocycles. The second-order valence-electron chi connectivity index (χ2n) is 3.42. The van der Waals surface area contributed by atoms with Crippen LogP contribution >= 0.6 is 0 Å². The molecule has 0 saturated heterocycles. The second-order valence-corrected chi connectivity index (χ2v) is 3.42. The number of amides is 1. The Morgan fingerprint density at radius 2 is 2.28 bits per heavy atom. The number of anilines is 1. The van der Waals surface area contributed by atoms with Crippen LogP contribution in [0.1, 0.15) is 10.4 Å². The SMILES string of the molecule is COCCOCCNC(=O)c1ccnc(N)c1F. The summed E-state index contributed by atoms with van der Waals surface area (Å²) in [6.45, 7) is 1.55. The zero-order valence-corrected chi connectivity index (χ0v) is 10.1. The normalized spacial score (nSPS) is 10.3. The van der Waals surface area contributed by atoms with Gasteiger partial charge in [-0.15, -0.1) is 0 Å². The summed E-state index contributed by atoms with van der Waals surface area (Å²) in [7, 11) is 1.57. The Morgan fingerprint density at radius 1 is 1.50 bits per heavy atom. The van der Waals surface area contributed by atoms with Gasteiger partial charge in [0.15, 0.2) is 11.6 Å². The monoisotopic (exact) mass is 257 g/mol. The maximum Gasteiger partial charge on any atom is 0.254 e. The number of rotatable bonds is 7. The van der Waals surface area contributed by atoms with E-state index in [2.05, 4.69) is 10.3 Å². The van der Waals surface area contributed by atoms with Crippen LogP contribution in [0.3, 0.4) is 0 Å². The minimum atomic E-state index is -0.810. The quantitative estimate of drug-likeness (QED) is 0.681. The van der Waals surface area contributed by atoms with Gasteiger partial charge in [-0.3, -0.25) is 4.79 Å². The van der Waals surface area contributed by atoms with E-state index in [0.717, 1.165) is 0 Å². The lowest BCUT2D eigenvalue weighted by atomic mass is 10.2. The number of aromatic nitrogens is 1. The zero-order chi connectivity index (χ0) is 13.4. The third-order valence-corrected chi connectivity index (χ3v) is 2.12. The fraction of sp³-hybridized carbons (Fsp3) is 0.455. The number of ether oxygens (including phenoxy) is 2. The van der Waals surface area contributed by atoms with Gasteiger partial charge in [-0.2, -0.15) is 0 Å². The van der Waals surface area contributed by atoms with Gasteiger partial charge >= 0.3 is 0 Å². The van der Waals surface area contributed by atoms with Gasteiger partial charge in [-0.25, -0.2) is 9.37 Å². The molecule has 6 nitrogen and oxygen atoms in total. The van der Waals surface area contributed by atoms with E-state index in [0.29, 0.717) is 19.8 Å². The van der Waals surface area contributed by atoms with Gasteiger partial charge in [0.05, 0.1) is 25.4 Å². The molecular formula is C11H16FN3O3. The number of nitrogen functional groups attached to an aromatic ring is 1. The van der Waals surface area contributed by atoms with Gasteiger partial charge < -0.3 is 20.5 Å². The number of nitrogens with two attached hydrogens (primary N) is 1. The molecule has 0 radical (unpaired) electrons. The number of hydrogen-bond donors (Lipinski definition) is 2. The maximum atomic E-state index is 13.4. The first kappa shape index (κ1) is 14.3. The molecule has 1 aromatic rings. The third-order valence-electron chi connectivity index (χ3n) is 2.12. The molecule has 0 aliphatic carbocycles. The fourth-order valence-electron chi connectivity index (χ4n) is 1.21. The number of hydrogen-bond acceptors (Lipinski definition) is 5. The van der Waals surface area contributed by atoms with Crippen LogP contribution in [0.5, 0.6) is 0 Å². The summed E-state index contributed by atoms with van der Waals surface area (Å²) in [5.41, 5.74) is 5.14. The lowest BCUT2D eigenvalue weighted by Crippen LogP contribution is -2.28. The Kier molecular flexibility index (Phi) is 6.03. The van der Waals surface area contributed by atoms with Crippen molar-refractivity contribution >= 4 is 11.7 Å². The highest BCUT2D eigenvalue weighted by Gasteiger charge is 2.13. The van der Waals surface area contributed by atoms with Crippen molar-refractivity contribution in [3.8, 4) is 0 Å². The molecule has 1 rings (SSSR count). The number of halogens is 1. The van der Waals surface area contributed by atoms with Crippen LogP contribution in [-0.2, 0) is 9.47 Å². The second kappa shape index (κ2) is 7.57. The summed E-state index contributed by atoms with van der Waals surface area (Å²) in [5.74, 6) is -1.65. The standard InChI is InChI=1S/C11H16FN3O3/c1-17-6-7-18-5-4-15-11(16)8-2-3-14-10(13)9(8)12/h2-3H,4-7H2,1H3,(H2,13,14)(H,15,16). The number of carbonyl (C=O) groups is 1. The molecule has 0 aliphatic rings. The van der Waals surface area contributed by atoms with E-state index in [1.54, 1.807) is 7.11 Å². The van der Waals surface area contributed by atoms with Crippen molar-refractivity contribution < 1.29 is 18.7 Å². The lowest BCUT2D eigenvalue weighted by molar-refractivity contribution is 0.0692. The van der Waals surface area contributed by atoms with E-state index in [-0.39, 0.29) is 17.9 Å². The smallest absolute Gasteiger partial charge is 0.254 e. The number of carbonyl (C=O) groups excluding carboxylic acids is 1. The third kappa shape index (κ3) is 4.27. The lowest BCUT2D eigenvalue weighted by Gasteiger charge is -2.07. The van der Waals surface area contributed by atoms with Gasteiger partial charge in [-0.05, 0) is 6.07 Å². The maximum absolute atomic E-state index is 13.4. The predicted octanol–water partition coefficient (Wildman–Crippen LogP) is 0.196. The highest BCUT2D eigenvalue weighted by molar-refractivity contribution is 5.95. The Bertz CT molecular complexity index is 401. The summed E-state index contributed by atoms with van der Waals surface area (Å²) in [5, 5.41) is 2.52.